The minimum atomic E-state index is -0.307. The van der Waals surface area contributed by atoms with Crippen LogP contribution in [0.2, 0.25) is 0 Å². The second-order valence-electron chi connectivity index (χ2n) is 7.95. The van der Waals surface area contributed by atoms with Crippen LogP contribution in [0.25, 0.3) is 23.0 Å². The van der Waals surface area contributed by atoms with Crippen molar-refractivity contribution in [1.82, 2.24) is 25.1 Å². The van der Waals surface area contributed by atoms with Crippen LogP contribution in [0.4, 0.5) is 10.6 Å². The van der Waals surface area contributed by atoms with Gasteiger partial charge in [-0.1, -0.05) is 48.5 Å². The Morgan fingerprint density at radius 3 is 2.38 bits per heavy atom. The van der Waals surface area contributed by atoms with Gasteiger partial charge in [0.15, 0.2) is 5.69 Å². The Balaban J connectivity index is 0.00000289. The van der Waals surface area contributed by atoms with Gasteiger partial charge < -0.3 is 19.0 Å². The number of nitrogens with zero attached hydrogens (tertiary/aromatic N) is 6. The van der Waals surface area contributed by atoms with Gasteiger partial charge in [0.2, 0.25) is 5.89 Å². The van der Waals surface area contributed by atoms with E-state index in [-0.39, 0.29) is 14.1 Å². The summed E-state index contributed by atoms with van der Waals surface area (Å²) in [6.45, 7) is 4.45. The Hall–Kier alpha value is -4.27. The van der Waals surface area contributed by atoms with Gasteiger partial charge in [0, 0.05) is 33.2 Å². The van der Waals surface area contributed by atoms with Crippen molar-refractivity contribution in [2.24, 2.45) is 0 Å². The number of carbonyl (C=O) groups excluding carboxylic acids is 1. The lowest BCUT2D eigenvalue weighted by molar-refractivity contribution is 0.0941. The topological polar surface area (TPSA) is 97.5 Å². The van der Waals surface area contributed by atoms with Crippen LogP contribution in [-0.4, -0.2) is 57.3 Å². The number of hydrogen-bond donors (Lipinski definition) is 0. The van der Waals surface area contributed by atoms with Gasteiger partial charge in [-0.15, -0.1) is 10.2 Å². The smallest absolute Gasteiger partial charge is 0.410 e. The average molecular weight is 459 g/mol. The summed E-state index contributed by atoms with van der Waals surface area (Å²) >= 11 is 0. The molecule has 4 aromatic rings. The Bertz CT molecular complexity index is 1260. The van der Waals surface area contributed by atoms with E-state index in [0.717, 1.165) is 11.1 Å². The molecule has 0 aliphatic carbocycles. The van der Waals surface area contributed by atoms with Crippen LogP contribution in [0, 0.1) is 6.92 Å². The molecule has 0 spiro atoms. The summed E-state index contributed by atoms with van der Waals surface area (Å²) < 4.78 is 11.3. The molecule has 34 heavy (non-hydrogen) atoms. The normalized spacial score (nSPS) is 13.7. The molecule has 0 bridgehead atoms. The molecule has 2 aromatic heterocycles. The molecule has 1 fully saturated rings. The second kappa shape index (κ2) is 9.70. The van der Waals surface area contributed by atoms with Gasteiger partial charge in [0.25, 0.3) is 5.89 Å². The predicted octanol–water partition coefficient (Wildman–Crippen LogP) is 4.21. The van der Waals surface area contributed by atoms with Crippen LogP contribution >= 0.6 is 0 Å². The number of rotatable bonds is 5. The van der Waals surface area contributed by atoms with E-state index in [2.05, 4.69) is 20.1 Å². The molecule has 9 nitrogen and oxygen atoms in total. The Labute approximate surface area is 198 Å². The molecular formula is C25H26N6O3. The van der Waals surface area contributed by atoms with Crippen molar-refractivity contribution in [3.05, 3.63) is 78.1 Å². The highest BCUT2D eigenvalue weighted by molar-refractivity contribution is 5.68. The van der Waals surface area contributed by atoms with Gasteiger partial charge in [-0.3, -0.25) is 4.98 Å². The standard InChI is InChI=1S/C25H24N6O3.H2/c1-18-22(24-29-28-23(34-24)20-10-6-3-7-11-20)27-21(16-26-18)30-12-14-31(15-13-30)25(32)33-17-19-8-4-2-5-9-19;/h2-11,16H,12-15,17H2,1H3;1H. The summed E-state index contributed by atoms with van der Waals surface area (Å²) in [6.07, 6.45) is 1.43. The minimum absolute atomic E-state index is 0. The molecule has 0 atom stereocenters. The summed E-state index contributed by atoms with van der Waals surface area (Å²) in [5.74, 6) is 1.47. The van der Waals surface area contributed by atoms with Crippen LogP contribution in [0.5, 0.6) is 0 Å². The maximum atomic E-state index is 12.4. The first-order valence-electron chi connectivity index (χ1n) is 11.1. The molecule has 1 saturated heterocycles. The lowest BCUT2D eigenvalue weighted by Gasteiger charge is -2.34. The van der Waals surface area contributed by atoms with Crippen LogP contribution in [0.1, 0.15) is 12.7 Å². The van der Waals surface area contributed by atoms with Crippen LogP contribution in [0.3, 0.4) is 0 Å². The summed E-state index contributed by atoms with van der Waals surface area (Å²) in [5.41, 5.74) is 3.07. The number of piperazine rings is 1. The number of aryl methyl sites for hydroxylation is 1. The first-order chi connectivity index (χ1) is 16.7. The fraction of sp³-hybridized carbons (Fsp3) is 0.240. The zero-order valence-electron chi connectivity index (χ0n) is 18.8. The van der Waals surface area contributed by atoms with E-state index in [1.165, 1.54) is 0 Å². The third-order valence-corrected chi connectivity index (χ3v) is 5.66. The van der Waals surface area contributed by atoms with Gasteiger partial charge in [-0.25, -0.2) is 9.78 Å². The van der Waals surface area contributed by atoms with Gasteiger partial charge in [0.1, 0.15) is 12.4 Å². The van der Waals surface area contributed by atoms with E-state index in [1.807, 2.05) is 67.6 Å². The largest absolute Gasteiger partial charge is 0.445 e. The van der Waals surface area contributed by atoms with E-state index in [4.69, 9.17) is 14.1 Å². The molecule has 0 radical (unpaired) electrons. The highest BCUT2D eigenvalue weighted by Gasteiger charge is 2.24. The van der Waals surface area contributed by atoms with Gasteiger partial charge in [-0.05, 0) is 24.6 Å². The zero-order chi connectivity index (χ0) is 23.3. The molecule has 9 heteroatoms. The SMILES string of the molecule is Cc1ncc(N2CCN(C(=O)OCc3ccccc3)CC2)nc1-c1nnc(-c2ccccc2)o1.[HH]. The number of anilines is 1. The van der Waals surface area contributed by atoms with Gasteiger partial charge in [-0.2, -0.15) is 0 Å². The molecule has 1 amide bonds. The predicted molar refractivity (Wildman–Crippen MR) is 128 cm³/mol. The number of benzene rings is 2. The van der Waals surface area contributed by atoms with E-state index >= 15 is 0 Å². The minimum Gasteiger partial charge on any atom is -0.445 e. The zero-order valence-corrected chi connectivity index (χ0v) is 18.8. The average Bonchev–Trinajstić information content (AvgIpc) is 3.39. The van der Waals surface area contributed by atoms with Gasteiger partial charge >= 0.3 is 6.09 Å². The molecule has 3 heterocycles. The van der Waals surface area contributed by atoms with Crippen LogP contribution in [0.15, 0.2) is 71.3 Å². The van der Waals surface area contributed by atoms with Crippen molar-refractivity contribution in [1.29, 1.82) is 0 Å². The van der Waals surface area contributed by atoms with Crippen LogP contribution in [-0.2, 0) is 11.3 Å². The molecule has 0 saturated carbocycles. The second-order valence-corrected chi connectivity index (χ2v) is 7.95. The van der Waals surface area contributed by atoms with E-state index in [1.54, 1.807) is 11.1 Å². The Kier molecular flexibility index (Phi) is 6.15. The third kappa shape index (κ3) is 4.73. The summed E-state index contributed by atoms with van der Waals surface area (Å²) in [4.78, 5) is 25.5. The highest BCUT2D eigenvalue weighted by Crippen LogP contribution is 2.26. The van der Waals surface area contributed by atoms with Gasteiger partial charge in [0.05, 0.1) is 11.9 Å². The number of hydrogen-bond acceptors (Lipinski definition) is 8. The Morgan fingerprint density at radius 2 is 1.65 bits per heavy atom. The molecule has 0 N–H and O–H groups in total. The molecule has 174 valence electrons. The quantitative estimate of drug-likeness (QED) is 0.439. The first kappa shape index (κ1) is 21.6. The molecular weight excluding hydrogens is 432 g/mol. The van der Waals surface area contributed by atoms with Crippen LogP contribution < -0.4 is 4.90 Å². The van der Waals surface area contributed by atoms with Crippen molar-refractivity contribution in [2.75, 3.05) is 31.1 Å². The lowest BCUT2D eigenvalue weighted by atomic mass is 10.2. The third-order valence-electron chi connectivity index (χ3n) is 5.66. The monoisotopic (exact) mass is 458 g/mol. The fourth-order valence-electron chi connectivity index (χ4n) is 3.74. The van der Waals surface area contributed by atoms with Crippen molar-refractivity contribution in [3.8, 4) is 23.0 Å². The molecule has 1 aliphatic heterocycles. The molecule has 5 rings (SSSR count). The van der Waals surface area contributed by atoms with E-state index < -0.39 is 0 Å². The van der Waals surface area contributed by atoms with Crippen molar-refractivity contribution in [3.63, 3.8) is 0 Å². The van der Waals surface area contributed by atoms with Crippen molar-refractivity contribution < 1.29 is 15.4 Å². The molecule has 1 aliphatic rings. The molecule has 2 aromatic carbocycles. The highest BCUT2D eigenvalue weighted by atomic mass is 16.6. The fourth-order valence-corrected chi connectivity index (χ4v) is 3.74. The first-order valence-corrected chi connectivity index (χ1v) is 11.1. The van der Waals surface area contributed by atoms with E-state index in [9.17, 15) is 4.79 Å². The summed E-state index contributed by atoms with van der Waals surface area (Å²) in [7, 11) is 0. The lowest BCUT2D eigenvalue weighted by Crippen LogP contribution is -2.49. The van der Waals surface area contributed by atoms with Crippen molar-refractivity contribution >= 4 is 11.9 Å². The number of carbonyl (C=O) groups is 1. The number of ether oxygens (including phenoxy) is 1. The van der Waals surface area contributed by atoms with Crippen molar-refractivity contribution in [2.45, 2.75) is 13.5 Å². The number of amides is 1. The summed E-state index contributed by atoms with van der Waals surface area (Å²) in [6, 6.07) is 19.3. The number of aromatic nitrogens is 4. The van der Waals surface area contributed by atoms with E-state index in [0.29, 0.717) is 55.2 Å². The maximum absolute atomic E-state index is 12.4. The molecule has 0 unspecified atom stereocenters. The summed E-state index contributed by atoms with van der Waals surface area (Å²) in [5, 5.41) is 8.34. The maximum Gasteiger partial charge on any atom is 0.410 e. The Morgan fingerprint density at radius 1 is 0.971 bits per heavy atom.